The van der Waals surface area contributed by atoms with Crippen molar-refractivity contribution in [2.45, 2.75) is 37.4 Å². The Balaban J connectivity index is 1.78. The lowest BCUT2D eigenvalue weighted by Crippen LogP contribution is -2.54. The summed E-state index contributed by atoms with van der Waals surface area (Å²) in [5.41, 5.74) is 8.20. The highest BCUT2D eigenvalue weighted by Gasteiger charge is 2.27. The first-order chi connectivity index (χ1) is 15.9. The van der Waals surface area contributed by atoms with Crippen LogP contribution in [0.3, 0.4) is 0 Å². The quantitative estimate of drug-likeness (QED) is 0.274. The van der Waals surface area contributed by atoms with Crippen molar-refractivity contribution in [3.8, 4) is 0 Å². The average molecular weight is 450 g/mol. The van der Waals surface area contributed by atoms with Crippen LogP contribution in [0.15, 0.2) is 60.8 Å². The fraction of sp³-hybridized carbons (Fsp3) is 0.250. The number of fused-ring (bicyclic) bond motifs is 1. The summed E-state index contributed by atoms with van der Waals surface area (Å²) in [7, 11) is 0. The Morgan fingerprint density at radius 1 is 0.970 bits per heavy atom. The van der Waals surface area contributed by atoms with Gasteiger partial charge in [0.25, 0.3) is 0 Å². The van der Waals surface area contributed by atoms with Gasteiger partial charge in [-0.3, -0.25) is 14.4 Å². The number of amides is 2. The molecular formula is C24H26N4O5. The second kappa shape index (κ2) is 11.1. The van der Waals surface area contributed by atoms with Crippen LogP contribution in [0.25, 0.3) is 10.9 Å². The van der Waals surface area contributed by atoms with E-state index in [-0.39, 0.29) is 6.42 Å². The smallest absolute Gasteiger partial charge is 0.305 e. The van der Waals surface area contributed by atoms with Crippen molar-refractivity contribution in [3.63, 3.8) is 0 Å². The van der Waals surface area contributed by atoms with Crippen molar-refractivity contribution in [1.82, 2.24) is 15.6 Å². The van der Waals surface area contributed by atoms with Gasteiger partial charge in [-0.1, -0.05) is 48.5 Å². The Morgan fingerprint density at radius 2 is 1.67 bits per heavy atom. The zero-order valence-electron chi connectivity index (χ0n) is 17.9. The third kappa shape index (κ3) is 6.50. The van der Waals surface area contributed by atoms with E-state index < -0.39 is 42.3 Å². The number of hydrogen-bond donors (Lipinski definition) is 5. The topological polar surface area (TPSA) is 154 Å². The molecule has 6 N–H and O–H groups in total. The van der Waals surface area contributed by atoms with Gasteiger partial charge in [-0.05, 0) is 23.6 Å². The maximum Gasteiger partial charge on any atom is 0.305 e. The minimum absolute atomic E-state index is 0.123. The molecule has 0 radical (unpaired) electrons. The van der Waals surface area contributed by atoms with Crippen molar-refractivity contribution in [2.75, 3.05) is 0 Å². The molecule has 9 nitrogen and oxygen atoms in total. The van der Waals surface area contributed by atoms with E-state index in [0.717, 1.165) is 22.0 Å². The zero-order valence-corrected chi connectivity index (χ0v) is 17.9. The molecule has 3 atom stereocenters. The molecule has 0 saturated carbocycles. The molecule has 0 aliphatic carbocycles. The number of benzene rings is 2. The standard InChI is InChI=1S/C24H26N4O5/c25-19(12-22(30)31)23(32)28-21(11-16-13-26-20-9-5-4-8-18(16)20)24(33)27-17(14-29)10-15-6-2-1-3-7-15/h1-9,13-14,17,19,21,26H,10-12,25H2,(H,27,33)(H,28,32)(H,30,31)/t17-,19-,21-/m0/s1. The van der Waals surface area contributed by atoms with E-state index in [0.29, 0.717) is 12.7 Å². The molecule has 0 bridgehead atoms. The first-order valence-electron chi connectivity index (χ1n) is 10.5. The molecule has 3 rings (SSSR count). The predicted molar refractivity (Wildman–Crippen MR) is 122 cm³/mol. The highest BCUT2D eigenvalue weighted by Crippen LogP contribution is 2.19. The molecule has 0 unspecified atom stereocenters. The van der Waals surface area contributed by atoms with Gasteiger partial charge in [0.05, 0.1) is 18.5 Å². The van der Waals surface area contributed by atoms with E-state index >= 15 is 0 Å². The summed E-state index contributed by atoms with van der Waals surface area (Å²) in [4.78, 5) is 51.2. The van der Waals surface area contributed by atoms with Crippen LogP contribution in [0.2, 0.25) is 0 Å². The number of carbonyl (C=O) groups excluding carboxylic acids is 3. The lowest BCUT2D eigenvalue weighted by Gasteiger charge is -2.22. The van der Waals surface area contributed by atoms with Gasteiger partial charge in [-0.25, -0.2) is 0 Å². The fourth-order valence-corrected chi connectivity index (χ4v) is 3.57. The molecule has 0 spiro atoms. The number of aliphatic carboxylic acids is 1. The molecule has 33 heavy (non-hydrogen) atoms. The van der Waals surface area contributed by atoms with Crippen LogP contribution < -0.4 is 16.4 Å². The Bertz CT molecular complexity index is 1130. The maximum atomic E-state index is 13.1. The fourth-order valence-electron chi connectivity index (χ4n) is 3.57. The first kappa shape index (κ1) is 23.7. The molecule has 3 aromatic rings. The number of carboxylic acid groups (broad SMARTS) is 1. The highest BCUT2D eigenvalue weighted by atomic mass is 16.4. The highest BCUT2D eigenvalue weighted by molar-refractivity contribution is 5.93. The summed E-state index contributed by atoms with van der Waals surface area (Å²) < 4.78 is 0. The molecule has 0 saturated heterocycles. The van der Waals surface area contributed by atoms with Crippen LogP contribution in [0.1, 0.15) is 17.5 Å². The lowest BCUT2D eigenvalue weighted by molar-refractivity contribution is -0.139. The monoisotopic (exact) mass is 450 g/mol. The molecule has 1 heterocycles. The van der Waals surface area contributed by atoms with E-state index in [1.807, 2.05) is 54.6 Å². The minimum Gasteiger partial charge on any atom is -0.481 e. The summed E-state index contributed by atoms with van der Waals surface area (Å²) in [6.45, 7) is 0. The van der Waals surface area contributed by atoms with Crippen molar-refractivity contribution in [3.05, 3.63) is 71.9 Å². The number of aldehydes is 1. The molecule has 1 aromatic heterocycles. The van der Waals surface area contributed by atoms with E-state index in [4.69, 9.17) is 10.8 Å². The molecule has 9 heteroatoms. The second-order valence-corrected chi connectivity index (χ2v) is 7.77. The number of rotatable bonds is 11. The summed E-state index contributed by atoms with van der Waals surface area (Å²) in [6, 6.07) is 13.6. The molecular weight excluding hydrogens is 424 g/mol. The molecule has 2 aromatic carbocycles. The molecule has 0 aliphatic heterocycles. The van der Waals surface area contributed by atoms with Gasteiger partial charge >= 0.3 is 5.97 Å². The molecule has 2 amide bonds. The van der Waals surface area contributed by atoms with E-state index in [9.17, 15) is 19.2 Å². The van der Waals surface area contributed by atoms with Crippen molar-refractivity contribution >= 4 is 35.0 Å². The third-order valence-electron chi connectivity index (χ3n) is 5.25. The SMILES string of the molecule is N[C@@H](CC(=O)O)C(=O)N[C@@H](Cc1c[nH]c2ccccc12)C(=O)N[C@H](C=O)Cc1ccccc1. The Kier molecular flexibility index (Phi) is 7.93. The molecule has 0 fully saturated rings. The number of H-pyrrole nitrogens is 1. The third-order valence-corrected chi connectivity index (χ3v) is 5.25. The number of aromatic nitrogens is 1. The lowest BCUT2D eigenvalue weighted by atomic mass is 10.0. The van der Waals surface area contributed by atoms with Crippen LogP contribution in [0.4, 0.5) is 0 Å². The van der Waals surface area contributed by atoms with Gasteiger partial charge in [0.15, 0.2) is 0 Å². The Labute approximate surface area is 190 Å². The van der Waals surface area contributed by atoms with Crippen molar-refractivity contribution < 1.29 is 24.3 Å². The van der Waals surface area contributed by atoms with Gasteiger partial charge in [0.1, 0.15) is 12.3 Å². The number of carboxylic acids is 1. The second-order valence-electron chi connectivity index (χ2n) is 7.77. The Hall–Kier alpha value is -3.98. The normalized spacial score (nSPS) is 13.6. The van der Waals surface area contributed by atoms with Crippen molar-refractivity contribution in [2.24, 2.45) is 5.73 Å². The van der Waals surface area contributed by atoms with Crippen LogP contribution in [-0.4, -0.2) is 52.3 Å². The Morgan fingerprint density at radius 3 is 2.36 bits per heavy atom. The molecule has 0 aliphatic rings. The average Bonchev–Trinajstić information content (AvgIpc) is 3.21. The molecule has 172 valence electrons. The minimum atomic E-state index is -1.31. The van der Waals surface area contributed by atoms with E-state index in [2.05, 4.69) is 15.6 Å². The van der Waals surface area contributed by atoms with Crippen LogP contribution >= 0.6 is 0 Å². The number of carbonyl (C=O) groups is 4. The van der Waals surface area contributed by atoms with Crippen molar-refractivity contribution in [1.29, 1.82) is 0 Å². The number of nitrogens with two attached hydrogens (primary N) is 1. The van der Waals surface area contributed by atoms with Gasteiger partial charge < -0.3 is 31.3 Å². The maximum absolute atomic E-state index is 13.1. The first-order valence-corrected chi connectivity index (χ1v) is 10.5. The van der Waals surface area contributed by atoms with Gasteiger partial charge in [0, 0.05) is 23.5 Å². The summed E-state index contributed by atoms with van der Waals surface area (Å²) in [5, 5.41) is 15.0. The summed E-state index contributed by atoms with van der Waals surface area (Å²) >= 11 is 0. The number of nitrogens with one attached hydrogen (secondary N) is 3. The number of hydrogen-bond acceptors (Lipinski definition) is 5. The van der Waals surface area contributed by atoms with Crippen LogP contribution in [0, 0.1) is 0 Å². The van der Waals surface area contributed by atoms with Crippen LogP contribution in [0.5, 0.6) is 0 Å². The predicted octanol–water partition coefficient (Wildman–Crippen LogP) is 0.924. The number of aromatic amines is 1. The largest absolute Gasteiger partial charge is 0.481 e. The van der Waals surface area contributed by atoms with Gasteiger partial charge in [0.2, 0.25) is 11.8 Å². The van der Waals surface area contributed by atoms with Crippen LogP contribution in [-0.2, 0) is 32.0 Å². The number of para-hydroxylation sites is 1. The summed E-state index contributed by atoms with van der Waals surface area (Å²) in [5.74, 6) is -2.55. The summed E-state index contributed by atoms with van der Waals surface area (Å²) in [6.07, 6.45) is 2.24. The van der Waals surface area contributed by atoms with E-state index in [1.54, 1.807) is 6.20 Å². The van der Waals surface area contributed by atoms with E-state index in [1.165, 1.54) is 0 Å². The zero-order chi connectivity index (χ0) is 23.8. The van der Waals surface area contributed by atoms with Gasteiger partial charge in [-0.15, -0.1) is 0 Å². The van der Waals surface area contributed by atoms with Gasteiger partial charge in [-0.2, -0.15) is 0 Å².